The first-order valence-electron chi connectivity index (χ1n) is 8.08. The van der Waals surface area contributed by atoms with E-state index in [0.29, 0.717) is 11.1 Å². The predicted molar refractivity (Wildman–Crippen MR) is 95.3 cm³/mol. The molecule has 0 saturated heterocycles. The van der Waals surface area contributed by atoms with Crippen molar-refractivity contribution >= 4 is 29.3 Å². The van der Waals surface area contributed by atoms with Gasteiger partial charge in [0.25, 0.3) is 17.5 Å². The lowest BCUT2D eigenvalue weighted by atomic mass is 10.1. The molecular formula is C18H14N4O6. The third-order valence-corrected chi connectivity index (χ3v) is 4.19. The number of hydrogen-bond donors (Lipinski definition) is 2. The van der Waals surface area contributed by atoms with Crippen LogP contribution in [0.5, 0.6) is 0 Å². The van der Waals surface area contributed by atoms with Crippen LogP contribution in [0.4, 0.5) is 5.69 Å². The van der Waals surface area contributed by atoms with Gasteiger partial charge in [-0.25, -0.2) is 0 Å². The van der Waals surface area contributed by atoms with Gasteiger partial charge in [-0.15, -0.1) is 0 Å². The summed E-state index contributed by atoms with van der Waals surface area (Å²) in [4.78, 5) is 58.7. The zero-order valence-corrected chi connectivity index (χ0v) is 14.4. The highest BCUT2D eigenvalue weighted by molar-refractivity contribution is 6.22. The normalized spacial score (nSPS) is 12.6. The number of nitro benzene ring substituents is 1. The van der Waals surface area contributed by atoms with Crippen LogP contribution in [0, 0.1) is 10.1 Å². The Balaban J connectivity index is 1.64. The number of amides is 4. The molecule has 142 valence electrons. The number of rotatable bonds is 6. The second-order valence-electron chi connectivity index (χ2n) is 6.02. The summed E-state index contributed by atoms with van der Waals surface area (Å²) in [6.45, 7) is -0.397. The topological polar surface area (TPSA) is 153 Å². The zero-order valence-electron chi connectivity index (χ0n) is 14.4. The summed E-state index contributed by atoms with van der Waals surface area (Å²) >= 11 is 0. The number of hydrogen-bond acceptors (Lipinski definition) is 6. The van der Waals surface area contributed by atoms with Crippen molar-refractivity contribution in [3.63, 3.8) is 0 Å². The third-order valence-electron chi connectivity index (χ3n) is 4.19. The van der Waals surface area contributed by atoms with E-state index >= 15 is 0 Å². The Bertz CT molecular complexity index is 1020. The van der Waals surface area contributed by atoms with Gasteiger partial charge in [0.1, 0.15) is 6.54 Å². The maximum absolute atomic E-state index is 12.4. The standard InChI is InChI=1S/C18H14N4O6/c19-16(24)11-3-1-10(2-4-11)8-20-15(23)9-21-17(25)13-6-5-12(22(27)28)7-14(13)18(21)26/h1-7H,8-9H2,(H2,19,24)(H,20,23). The Kier molecular flexibility index (Phi) is 4.86. The maximum atomic E-state index is 12.4. The van der Waals surface area contributed by atoms with Gasteiger partial charge in [0.05, 0.1) is 16.1 Å². The van der Waals surface area contributed by atoms with Gasteiger partial charge in [0.2, 0.25) is 11.8 Å². The Labute approximate surface area is 158 Å². The van der Waals surface area contributed by atoms with Crippen LogP contribution in [0.3, 0.4) is 0 Å². The van der Waals surface area contributed by atoms with Crippen molar-refractivity contribution < 1.29 is 24.1 Å². The molecule has 0 atom stereocenters. The second kappa shape index (κ2) is 7.27. The SMILES string of the molecule is NC(=O)c1ccc(CNC(=O)CN2C(=O)c3ccc([N+](=O)[O-])cc3C2=O)cc1. The second-order valence-corrected chi connectivity index (χ2v) is 6.02. The van der Waals surface area contributed by atoms with Crippen LogP contribution >= 0.6 is 0 Å². The molecule has 2 aromatic carbocycles. The molecule has 3 rings (SSSR count). The summed E-state index contributed by atoms with van der Waals surface area (Å²) in [5.74, 6) is -2.59. The van der Waals surface area contributed by atoms with Crippen LogP contribution in [0.2, 0.25) is 0 Å². The summed E-state index contributed by atoms with van der Waals surface area (Å²) in [5.41, 5.74) is 5.77. The molecule has 0 spiro atoms. The Morgan fingerprint density at radius 3 is 2.29 bits per heavy atom. The molecule has 4 amide bonds. The minimum Gasteiger partial charge on any atom is -0.366 e. The molecule has 0 fully saturated rings. The van der Waals surface area contributed by atoms with E-state index in [2.05, 4.69) is 5.32 Å². The van der Waals surface area contributed by atoms with E-state index in [4.69, 9.17) is 5.73 Å². The number of nitro groups is 1. The Morgan fingerprint density at radius 2 is 1.68 bits per heavy atom. The summed E-state index contributed by atoms with van der Waals surface area (Å²) in [5, 5.41) is 13.4. The Hall–Kier alpha value is -4.08. The smallest absolute Gasteiger partial charge is 0.270 e. The monoisotopic (exact) mass is 382 g/mol. The quantitative estimate of drug-likeness (QED) is 0.424. The first-order valence-corrected chi connectivity index (χ1v) is 8.08. The fourth-order valence-corrected chi connectivity index (χ4v) is 2.72. The van der Waals surface area contributed by atoms with E-state index in [-0.39, 0.29) is 23.4 Å². The predicted octanol–water partition coefficient (Wildman–Crippen LogP) is 0.606. The molecule has 2 aromatic rings. The molecule has 3 N–H and O–H groups in total. The van der Waals surface area contributed by atoms with Crippen molar-refractivity contribution in [3.05, 3.63) is 74.8 Å². The van der Waals surface area contributed by atoms with Crippen LogP contribution in [0.1, 0.15) is 36.6 Å². The minimum absolute atomic E-state index is 0.0189. The van der Waals surface area contributed by atoms with E-state index in [9.17, 15) is 29.3 Å². The molecule has 10 heteroatoms. The van der Waals surface area contributed by atoms with E-state index in [1.807, 2.05) is 0 Å². The number of benzene rings is 2. The highest BCUT2D eigenvalue weighted by atomic mass is 16.6. The van der Waals surface area contributed by atoms with E-state index in [1.54, 1.807) is 12.1 Å². The van der Waals surface area contributed by atoms with Crippen LogP contribution in [0.25, 0.3) is 0 Å². The van der Waals surface area contributed by atoms with Crippen LogP contribution in [-0.2, 0) is 11.3 Å². The number of imide groups is 1. The van der Waals surface area contributed by atoms with Gasteiger partial charge >= 0.3 is 0 Å². The number of nitrogens with two attached hydrogens (primary N) is 1. The van der Waals surface area contributed by atoms with Crippen LogP contribution in [-0.4, -0.2) is 40.0 Å². The Morgan fingerprint density at radius 1 is 1.04 bits per heavy atom. The first-order chi connectivity index (χ1) is 13.3. The fourth-order valence-electron chi connectivity index (χ4n) is 2.72. The third kappa shape index (κ3) is 3.56. The molecule has 0 saturated carbocycles. The molecule has 28 heavy (non-hydrogen) atoms. The molecule has 0 unspecified atom stereocenters. The first kappa shape index (κ1) is 18.7. The van der Waals surface area contributed by atoms with Gasteiger partial charge in [0, 0.05) is 24.2 Å². The summed E-state index contributed by atoms with van der Waals surface area (Å²) in [6, 6.07) is 9.60. The van der Waals surface area contributed by atoms with Crippen LogP contribution < -0.4 is 11.1 Å². The number of carbonyl (C=O) groups excluding carboxylic acids is 4. The van der Waals surface area contributed by atoms with Gasteiger partial charge in [-0.1, -0.05) is 12.1 Å². The molecular weight excluding hydrogens is 368 g/mol. The molecule has 1 aliphatic heterocycles. The van der Waals surface area contributed by atoms with Gasteiger partial charge in [0.15, 0.2) is 0 Å². The lowest BCUT2D eigenvalue weighted by molar-refractivity contribution is -0.384. The zero-order chi connectivity index (χ0) is 20.4. The maximum Gasteiger partial charge on any atom is 0.270 e. The van der Waals surface area contributed by atoms with Crippen molar-refractivity contribution in [1.29, 1.82) is 0 Å². The average Bonchev–Trinajstić information content (AvgIpc) is 2.91. The van der Waals surface area contributed by atoms with Gasteiger partial charge in [-0.2, -0.15) is 0 Å². The minimum atomic E-state index is -0.760. The molecule has 1 aliphatic rings. The van der Waals surface area contributed by atoms with E-state index in [0.717, 1.165) is 17.0 Å². The highest BCUT2D eigenvalue weighted by Crippen LogP contribution is 2.26. The number of primary amides is 1. The van der Waals surface area contributed by atoms with Crippen molar-refractivity contribution in [1.82, 2.24) is 10.2 Å². The molecule has 0 aliphatic carbocycles. The van der Waals surface area contributed by atoms with Crippen molar-refractivity contribution in [2.45, 2.75) is 6.54 Å². The van der Waals surface area contributed by atoms with Crippen molar-refractivity contribution in [3.8, 4) is 0 Å². The lowest BCUT2D eigenvalue weighted by Gasteiger charge is -2.13. The highest BCUT2D eigenvalue weighted by Gasteiger charge is 2.37. The number of fused-ring (bicyclic) bond motifs is 1. The summed E-state index contributed by atoms with van der Waals surface area (Å²) < 4.78 is 0. The van der Waals surface area contributed by atoms with Gasteiger partial charge in [-0.05, 0) is 23.8 Å². The molecule has 0 bridgehead atoms. The summed E-state index contributed by atoms with van der Waals surface area (Å²) in [7, 11) is 0. The fraction of sp³-hybridized carbons (Fsp3) is 0.111. The largest absolute Gasteiger partial charge is 0.366 e. The molecule has 0 radical (unpaired) electrons. The van der Waals surface area contributed by atoms with Gasteiger partial charge < -0.3 is 11.1 Å². The van der Waals surface area contributed by atoms with Crippen molar-refractivity contribution in [2.75, 3.05) is 6.54 Å². The summed E-state index contributed by atoms with van der Waals surface area (Å²) in [6.07, 6.45) is 0. The van der Waals surface area contributed by atoms with Gasteiger partial charge in [-0.3, -0.25) is 34.2 Å². The van der Waals surface area contributed by atoms with E-state index < -0.39 is 35.1 Å². The van der Waals surface area contributed by atoms with Crippen LogP contribution in [0.15, 0.2) is 42.5 Å². The van der Waals surface area contributed by atoms with E-state index in [1.165, 1.54) is 18.2 Å². The molecule has 0 aromatic heterocycles. The number of carbonyl (C=O) groups is 4. The molecule has 1 heterocycles. The lowest BCUT2D eigenvalue weighted by Crippen LogP contribution is -2.40. The van der Waals surface area contributed by atoms with Crippen molar-refractivity contribution in [2.24, 2.45) is 5.73 Å². The molecule has 10 nitrogen and oxygen atoms in total. The number of non-ortho nitro benzene ring substituents is 1. The average molecular weight is 382 g/mol. The number of nitrogens with zero attached hydrogens (tertiary/aromatic N) is 2. The number of nitrogens with one attached hydrogen (secondary N) is 1.